The molecule has 1 spiro atoms. The maximum atomic E-state index is 13.4. The first-order valence-electron chi connectivity index (χ1n) is 11.9. The Labute approximate surface area is 211 Å². The maximum Gasteiger partial charge on any atom is 0.408 e. The molecule has 0 saturated carbocycles. The van der Waals surface area contributed by atoms with Gasteiger partial charge in [-0.25, -0.2) is 4.39 Å². The molecule has 0 aromatic carbocycles. The van der Waals surface area contributed by atoms with E-state index in [0.717, 1.165) is 49.8 Å². The highest BCUT2D eigenvalue weighted by Gasteiger charge is 2.38. The summed E-state index contributed by atoms with van der Waals surface area (Å²) in [5, 5.41) is 6.98. The molecule has 8 nitrogen and oxygen atoms in total. The lowest BCUT2D eigenvalue weighted by molar-refractivity contribution is -0.141. The number of nitrogens with zero attached hydrogens (tertiary/aromatic N) is 5. The number of piperidine rings is 1. The second kappa shape index (κ2) is 11.2. The molecule has 4 rings (SSSR count). The van der Waals surface area contributed by atoms with Crippen LogP contribution in [0.3, 0.4) is 0 Å². The number of hydrogen-bond donors (Lipinski definition) is 1. The van der Waals surface area contributed by atoms with Crippen LogP contribution in [0.5, 0.6) is 0 Å². The highest BCUT2D eigenvalue weighted by atomic mass is 19.4. The van der Waals surface area contributed by atoms with Crippen molar-refractivity contribution in [1.82, 2.24) is 25.0 Å². The molecular formula is C25H28F4N6O2. The van der Waals surface area contributed by atoms with Crippen LogP contribution in [0.1, 0.15) is 41.9 Å². The van der Waals surface area contributed by atoms with Crippen molar-refractivity contribution in [1.29, 1.82) is 0 Å². The number of likely N-dealkylation sites (tertiary alicyclic amines) is 1. The maximum absolute atomic E-state index is 13.4. The van der Waals surface area contributed by atoms with E-state index in [0.29, 0.717) is 13.1 Å². The number of alkyl halides is 3. The molecule has 0 unspecified atom stereocenters. The predicted octanol–water partition coefficient (Wildman–Crippen LogP) is 4.61. The van der Waals surface area contributed by atoms with Crippen molar-refractivity contribution in [3.8, 4) is 0 Å². The molecule has 37 heavy (non-hydrogen) atoms. The van der Waals surface area contributed by atoms with Crippen molar-refractivity contribution in [2.75, 3.05) is 26.3 Å². The van der Waals surface area contributed by atoms with Gasteiger partial charge in [0.15, 0.2) is 0 Å². The zero-order valence-electron chi connectivity index (χ0n) is 20.2. The van der Waals surface area contributed by atoms with E-state index >= 15 is 0 Å². The highest BCUT2D eigenvalue weighted by molar-refractivity contribution is 5.98. The van der Waals surface area contributed by atoms with Gasteiger partial charge < -0.3 is 15.0 Å². The summed E-state index contributed by atoms with van der Waals surface area (Å²) >= 11 is 0. The van der Waals surface area contributed by atoms with E-state index in [1.807, 2.05) is 0 Å². The fourth-order valence-electron chi connectivity index (χ4n) is 4.79. The van der Waals surface area contributed by atoms with Crippen molar-refractivity contribution in [2.45, 2.75) is 38.4 Å². The van der Waals surface area contributed by atoms with Gasteiger partial charge in [-0.05, 0) is 37.2 Å². The topological polar surface area (TPSA) is 84.6 Å². The molecule has 198 valence electrons. The lowest BCUT2D eigenvalue weighted by Gasteiger charge is -2.44. The Hall–Kier alpha value is -3.54. The van der Waals surface area contributed by atoms with Crippen LogP contribution in [0.2, 0.25) is 0 Å². The Balaban J connectivity index is 1.67. The van der Waals surface area contributed by atoms with Gasteiger partial charge in [0.1, 0.15) is 24.3 Å². The van der Waals surface area contributed by atoms with Crippen LogP contribution < -0.4 is 5.32 Å². The molecule has 12 heteroatoms. The number of carbonyl (C=O) groups excluding carboxylic acids is 1. The number of nitrogens with one attached hydrogen (secondary N) is 1. The molecule has 2 aliphatic heterocycles. The molecule has 2 aliphatic rings. The fraction of sp³-hybridized carbons (Fsp3) is 0.440. The zero-order chi connectivity index (χ0) is 26.5. The van der Waals surface area contributed by atoms with E-state index in [2.05, 4.69) is 27.0 Å². The van der Waals surface area contributed by atoms with E-state index in [1.54, 1.807) is 4.90 Å². The first-order chi connectivity index (χ1) is 17.8. The van der Waals surface area contributed by atoms with Gasteiger partial charge in [0.2, 0.25) is 0 Å². The van der Waals surface area contributed by atoms with Gasteiger partial charge >= 0.3 is 6.18 Å². The van der Waals surface area contributed by atoms with Crippen LogP contribution in [0, 0.1) is 5.41 Å². The molecule has 2 aromatic heterocycles. The van der Waals surface area contributed by atoms with Gasteiger partial charge in [0.25, 0.3) is 5.91 Å². The summed E-state index contributed by atoms with van der Waals surface area (Å²) in [4.78, 5) is 23.2. The van der Waals surface area contributed by atoms with E-state index < -0.39 is 12.7 Å². The first-order valence-corrected chi connectivity index (χ1v) is 11.9. The molecular weight excluding hydrogens is 492 g/mol. The summed E-state index contributed by atoms with van der Waals surface area (Å²) in [5.74, 6) is -0.338. The first kappa shape index (κ1) is 26.5. The van der Waals surface area contributed by atoms with Gasteiger partial charge in [0, 0.05) is 50.3 Å². The summed E-state index contributed by atoms with van der Waals surface area (Å²) in [6.07, 6.45) is 5.63. The van der Waals surface area contributed by atoms with Gasteiger partial charge in [0.05, 0.1) is 17.4 Å². The lowest BCUT2D eigenvalue weighted by Crippen LogP contribution is -2.45. The zero-order valence-corrected chi connectivity index (χ0v) is 20.2. The lowest BCUT2D eigenvalue weighted by atomic mass is 9.72. The summed E-state index contributed by atoms with van der Waals surface area (Å²) < 4.78 is 59.0. The monoisotopic (exact) mass is 520 g/mol. The molecule has 0 bridgehead atoms. The molecule has 2 aromatic rings. The second-order valence-electron chi connectivity index (χ2n) is 9.13. The minimum Gasteiger partial charge on any atom is -0.381 e. The molecule has 4 heterocycles. The number of halogens is 4. The standard InChI is InChI=1S/C25H28F4N6O2/c1-2-8-30-16-20(31-9-7-26)22-18-15-32-19(14-21(18)35(33-22)17-25(27,28)29)23(36)34-10-3-24(4-11-34)5-12-37-13-6-24/h2,7-9,14-16,31H,1,3-6,10-13,17H2/b9-7+,20-16-,30-8?. The highest BCUT2D eigenvalue weighted by Crippen LogP contribution is 2.40. The van der Waals surface area contributed by atoms with Crippen LogP contribution in [0.15, 0.2) is 48.6 Å². The molecule has 2 fully saturated rings. The van der Waals surface area contributed by atoms with Gasteiger partial charge in [-0.15, -0.1) is 0 Å². The number of carbonyl (C=O) groups is 1. The third-order valence-corrected chi connectivity index (χ3v) is 6.80. The minimum atomic E-state index is -4.56. The van der Waals surface area contributed by atoms with Crippen molar-refractivity contribution in [3.63, 3.8) is 0 Å². The van der Waals surface area contributed by atoms with Crippen LogP contribution in [0.25, 0.3) is 16.6 Å². The minimum absolute atomic E-state index is 0.0390. The largest absolute Gasteiger partial charge is 0.408 e. The number of rotatable bonds is 7. The van der Waals surface area contributed by atoms with E-state index in [-0.39, 0.29) is 45.6 Å². The average Bonchev–Trinajstić information content (AvgIpc) is 3.22. The molecule has 0 atom stereocenters. The Bertz CT molecular complexity index is 1220. The Morgan fingerprint density at radius 3 is 2.62 bits per heavy atom. The summed E-state index contributed by atoms with van der Waals surface area (Å²) in [7, 11) is 0. The summed E-state index contributed by atoms with van der Waals surface area (Å²) in [6.45, 7) is 4.69. The third kappa shape index (κ3) is 6.24. The van der Waals surface area contributed by atoms with Gasteiger partial charge in [-0.3, -0.25) is 19.5 Å². The Morgan fingerprint density at radius 2 is 1.97 bits per heavy atom. The molecule has 0 aliphatic carbocycles. The molecule has 0 radical (unpaired) electrons. The van der Waals surface area contributed by atoms with Crippen LogP contribution >= 0.6 is 0 Å². The third-order valence-electron chi connectivity index (χ3n) is 6.80. The van der Waals surface area contributed by atoms with Crippen molar-refractivity contribution in [2.24, 2.45) is 10.4 Å². The smallest absolute Gasteiger partial charge is 0.381 e. The molecule has 1 N–H and O–H groups in total. The summed E-state index contributed by atoms with van der Waals surface area (Å²) in [5.41, 5.74) is 0.510. The van der Waals surface area contributed by atoms with Crippen molar-refractivity contribution in [3.05, 3.63) is 55.0 Å². The quantitative estimate of drug-likeness (QED) is 0.426. The van der Waals surface area contributed by atoms with Crippen molar-refractivity contribution < 1.29 is 27.1 Å². The predicted molar refractivity (Wildman–Crippen MR) is 131 cm³/mol. The average molecular weight is 521 g/mol. The number of amides is 1. The van der Waals surface area contributed by atoms with Crippen LogP contribution in [-0.2, 0) is 11.3 Å². The van der Waals surface area contributed by atoms with Crippen molar-refractivity contribution >= 4 is 28.7 Å². The number of aromatic nitrogens is 3. The second-order valence-corrected chi connectivity index (χ2v) is 9.13. The van der Waals surface area contributed by atoms with Gasteiger partial charge in [-0.2, -0.15) is 18.3 Å². The van der Waals surface area contributed by atoms with Crippen LogP contribution in [-0.4, -0.2) is 64.3 Å². The van der Waals surface area contributed by atoms with Crippen LogP contribution in [0.4, 0.5) is 17.6 Å². The molecule has 1 amide bonds. The van der Waals surface area contributed by atoms with Gasteiger partial charge in [-0.1, -0.05) is 12.7 Å². The number of fused-ring (bicyclic) bond motifs is 1. The van der Waals surface area contributed by atoms with E-state index in [4.69, 9.17) is 4.74 Å². The van der Waals surface area contributed by atoms with E-state index in [9.17, 15) is 22.4 Å². The van der Waals surface area contributed by atoms with E-state index in [1.165, 1.54) is 30.8 Å². The SMILES string of the molecule is C=CC=N/C=C(\N/C=C/F)c1nn(CC(F)(F)F)c2cc(C(=O)N3CCC4(CCOCC4)CC3)ncc12. The number of ether oxygens (including phenoxy) is 1. The normalized spacial score (nSPS) is 18.8. The molecule has 2 saturated heterocycles. The number of pyridine rings is 1. The fourth-order valence-corrected chi connectivity index (χ4v) is 4.79. The number of hydrogen-bond acceptors (Lipinski definition) is 6. The Morgan fingerprint density at radius 1 is 1.24 bits per heavy atom. The summed E-state index contributed by atoms with van der Waals surface area (Å²) in [6, 6.07) is 1.33. The number of aliphatic imine (C=N–C) groups is 1. The Kier molecular flexibility index (Phi) is 8.06. The number of allylic oxidation sites excluding steroid dienone is 1.